The van der Waals surface area contributed by atoms with Crippen molar-refractivity contribution in [1.82, 2.24) is 10.6 Å². The number of hydrogen-bond donors (Lipinski definition) is 2. The van der Waals surface area contributed by atoms with Gasteiger partial charge in [-0.1, -0.05) is 121 Å². The number of nitrogens with one attached hydrogen (secondary N) is 2. The lowest BCUT2D eigenvalue weighted by atomic mass is 10.0. The number of thiocarbonyl (C=S) groups is 1. The number of aryl methyl sites for hydroxylation is 1. The molecule has 2 N–H and O–H groups in total. The van der Waals surface area contributed by atoms with E-state index in [1.807, 2.05) is 30.3 Å². The first-order chi connectivity index (χ1) is 14.7. The highest BCUT2D eigenvalue weighted by Crippen LogP contribution is 2.12. The molecule has 0 aromatic heterocycles. The summed E-state index contributed by atoms with van der Waals surface area (Å²) < 4.78 is 0. The third-order valence-electron chi connectivity index (χ3n) is 5.55. The van der Waals surface area contributed by atoms with Crippen molar-refractivity contribution in [1.29, 1.82) is 0 Å². The van der Waals surface area contributed by atoms with Crippen LogP contribution in [0.2, 0.25) is 0 Å². The Morgan fingerprint density at radius 2 is 1.27 bits per heavy atom. The zero-order valence-electron chi connectivity index (χ0n) is 19.2. The second kappa shape index (κ2) is 19.5. The van der Waals surface area contributed by atoms with Crippen LogP contribution >= 0.6 is 12.2 Å². The Bertz CT molecular complexity index is 547. The maximum absolute atomic E-state index is 11.9. The van der Waals surface area contributed by atoms with Crippen LogP contribution in [0.15, 0.2) is 30.3 Å². The third-order valence-corrected chi connectivity index (χ3v) is 5.80. The van der Waals surface area contributed by atoms with Crippen LogP contribution in [0, 0.1) is 0 Å². The monoisotopic (exact) mass is 432 g/mol. The highest BCUT2D eigenvalue weighted by Gasteiger charge is 2.04. The van der Waals surface area contributed by atoms with Crippen LogP contribution in [0.4, 0.5) is 0 Å². The molecule has 0 radical (unpaired) electrons. The molecule has 0 aliphatic heterocycles. The van der Waals surface area contributed by atoms with E-state index in [4.69, 9.17) is 12.2 Å². The maximum atomic E-state index is 11.9. The van der Waals surface area contributed by atoms with E-state index in [1.54, 1.807) is 0 Å². The van der Waals surface area contributed by atoms with E-state index in [2.05, 4.69) is 17.6 Å². The van der Waals surface area contributed by atoms with Crippen LogP contribution in [-0.4, -0.2) is 17.6 Å². The van der Waals surface area contributed by atoms with Crippen molar-refractivity contribution in [3.63, 3.8) is 0 Å². The molecule has 3 nitrogen and oxygen atoms in total. The Balaban J connectivity index is 1.83. The van der Waals surface area contributed by atoms with E-state index in [9.17, 15) is 4.79 Å². The Morgan fingerprint density at radius 1 is 0.767 bits per heavy atom. The van der Waals surface area contributed by atoms with E-state index in [0.717, 1.165) is 19.4 Å². The average molecular weight is 433 g/mol. The second-order valence-electron chi connectivity index (χ2n) is 8.39. The molecule has 0 bridgehead atoms. The molecular weight excluding hydrogens is 388 g/mol. The SMILES string of the molecule is CCCCCCCCCCCCCCCCNC(=S)NC(=O)CCc1ccccc1. The molecule has 0 fully saturated rings. The molecule has 0 aliphatic rings. The predicted molar refractivity (Wildman–Crippen MR) is 134 cm³/mol. The van der Waals surface area contributed by atoms with Gasteiger partial charge in [-0.3, -0.25) is 4.79 Å². The Labute approximate surface area is 190 Å². The van der Waals surface area contributed by atoms with Crippen molar-refractivity contribution in [2.75, 3.05) is 6.54 Å². The minimum absolute atomic E-state index is 0.0164. The van der Waals surface area contributed by atoms with Gasteiger partial charge in [0.2, 0.25) is 5.91 Å². The molecule has 0 unspecified atom stereocenters. The minimum atomic E-state index is -0.0164. The number of hydrogen-bond acceptors (Lipinski definition) is 2. The molecule has 30 heavy (non-hydrogen) atoms. The van der Waals surface area contributed by atoms with E-state index in [-0.39, 0.29) is 5.91 Å². The molecule has 4 heteroatoms. The van der Waals surface area contributed by atoms with Crippen molar-refractivity contribution in [3.8, 4) is 0 Å². The number of rotatable bonds is 18. The molecule has 0 atom stereocenters. The van der Waals surface area contributed by atoms with E-state index in [1.165, 1.54) is 89.0 Å². The van der Waals surface area contributed by atoms with E-state index in [0.29, 0.717) is 11.5 Å². The van der Waals surface area contributed by atoms with Crippen molar-refractivity contribution in [2.24, 2.45) is 0 Å². The summed E-state index contributed by atoms with van der Waals surface area (Å²) in [5, 5.41) is 6.40. The lowest BCUT2D eigenvalue weighted by molar-refractivity contribution is -0.119. The van der Waals surface area contributed by atoms with Crippen LogP contribution in [0.3, 0.4) is 0 Å². The second-order valence-corrected chi connectivity index (χ2v) is 8.79. The highest BCUT2D eigenvalue weighted by molar-refractivity contribution is 7.80. The van der Waals surface area contributed by atoms with E-state index >= 15 is 0 Å². The maximum Gasteiger partial charge on any atom is 0.226 e. The quantitative estimate of drug-likeness (QED) is 0.192. The van der Waals surface area contributed by atoms with Gasteiger partial charge in [-0.2, -0.15) is 0 Å². The lowest BCUT2D eigenvalue weighted by Crippen LogP contribution is -2.39. The fourth-order valence-electron chi connectivity index (χ4n) is 3.66. The van der Waals surface area contributed by atoms with Gasteiger partial charge < -0.3 is 10.6 Å². The van der Waals surface area contributed by atoms with Gasteiger partial charge in [-0.05, 0) is 30.6 Å². The van der Waals surface area contributed by atoms with Gasteiger partial charge in [0.05, 0.1) is 0 Å². The zero-order chi connectivity index (χ0) is 21.7. The molecule has 0 saturated heterocycles. The smallest absolute Gasteiger partial charge is 0.226 e. The Kier molecular flexibility index (Phi) is 17.3. The van der Waals surface area contributed by atoms with Gasteiger partial charge in [0, 0.05) is 13.0 Å². The van der Waals surface area contributed by atoms with Crippen LogP contribution in [0.1, 0.15) is 109 Å². The first-order valence-electron chi connectivity index (χ1n) is 12.3. The molecule has 1 rings (SSSR count). The zero-order valence-corrected chi connectivity index (χ0v) is 20.0. The molecule has 0 aliphatic carbocycles. The number of amides is 1. The van der Waals surface area contributed by atoms with Crippen molar-refractivity contribution >= 4 is 23.2 Å². The summed E-state index contributed by atoms with van der Waals surface area (Å²) in [6, 6.07) is 10.1. The van der Waals surface area contributed by atoms with Crippen LogP contribution in [0.25, 0.3) is 0 Å². The minimum Gasteiger partial charge on any atom is -0.362 e. The third kappa shape index (κ3) is 16.4. The lowest BCUT2D eigenvalue weighted by Gasteiger charge is -2.09. The molecule has 1 aromatic rings. The molecular formula is C26H44N2OS. The predicted octanol–water partition coefficient (Wildman–Crippen LogP) is 7.09. The summed E-state index contributed by atoms with van der Waals surface area (Å²) in [6.07, 6.45) is 20.3. The molecule has 0 heterocycles. The first kappa shape index (κ1) is 26.6. The number of carbonyl (C=O) groups excluding carboxylic acids is 1. The van der Waals surface area contributed by atoms with Gasteiger partial charge >= 0.3 is 0 Å². The number of carbonyl (C=O) groups is 1. The van der Waals surface area contributed by atoms with Crippen LogP contribution < -0.4 is 10.6 Å². The number of benzene rings is 1. The Morgan fingerprint density at radius 3 is 1.80 bits per heavy atom. The van der Waals surface area contributed by atoms with Gasteiger partial charge in [0.15, 0.2) is 5.11 Å². The van der Waals surface area contributed by atoms with Gasteiger partial charge in [-0.25, -0.2) is 0 Å². The van der Waals surface area contributed by atoms with Crippen molar-refractivity contribution in [2.45, 2.75) is 110 Å². The fraction of sp³-hybridized carbons (Fsp3) is 0.692. The molecule has 1 aromatic carbocycles. The summed E-state index contributed by atoms with van der Waals surface area (Å²) in [7, 11) is 0. The fourth-order valence-corrected chi connectivity index (χ4v) is 3.87. The summed E-state index contributed by atoms with van der Waals surface area (Å²) >= 11 is 5.22. The van der Waals surface area contributed by atoms with Gasteiger partial charge in [0.1, 0.15) is 0 Å². The summed E-state index contributed by atoms with van der Waals surface area (Å²) in [4.78, 5) is 11.9. The number of unbranched alkanes of at least 4 members (excludes halogenated alkanes) is 13. The van der Waals surface area contributed by atoms with Gasteiger partial charge in [0.25, 0.3) is 0 Å². The van der Waals surface area contributed by atoms with Gasteiger partial charge in [-0.15, -0.1) is 0 Å². The molecule has 0 saturated carbocycles. The molecule has 170 valence electrons. The molecule has 0 spiro atoms. The standard InChI is InChI=1S/C26H44N2OS/c1-2-3-4-5-6-7-8-9-10-11-12-13-14-18-23-27-26(30)28-25(29)22-21-24-19-16-15-17-20-24/h15-17,19-20H,2-14,18,21-23H2,1H3,(H2,27,28,29,30). The summed E-state index contributed by atoms with van der Waals surface area (Å²) in [6.45, 7) is 3.12. The van der Waals surface area contributed by atoms with Crippen LogP contribution in [0.5, 0.6) is 0 Å². The van der Waals surface area contributed by atoms with Crippen molar-refractivity contribution in [3.05, 3.63) is 35.9 Å². The first-order valence-corrected chi connectivity index (χ1v) is 12.7. The van der Waals surface area contributed by atoms with E-state index < -0.39 is 0 Å². The Hall–Kier alpha value is -1.42. The molecule has 1 amide bonds. The average Bonchev–Trinajstić information content (AvgIpc) is 2.75. The topological polar surface area (TPSA) is 41.1 Å². The summed E-state index contributed by atoms with van der Waals surface area (Å²) in [5.74, 6) is -0.0164. The van der Waals surface area contributed by atoms with Crippen molar-refractivity contribution < 1.29 is 4.79 Å². The van der Waals surface area contributed by atoms with Crippen LogP contribution in [-0.2, 0) is 11.2 Å². The normalized spacial score (nSPS) is 10.7. The summed E-state index contributed by atoms with van der Waals surface area (Å²) in [5.41, 5.74) is 1.17. The largest absolute Gasteiger partial charge is 0.362 e. The highest BCUT2D eigenvalue weighted by atomic mass is 32.1.